The fourth-order valence-corrected chi connectivity index (χ4v) is 3.77. The Labute approximate surface area is 155 Å². The van der Waals surface area contributed by atoms with Gasteiger partial charge >= 0.3 is 0 Å². The zero-order valence-electron chi connectivity index (χ0n) is 14.6. The molecule has 8 nitrogen and oxygen atoms in total. The summed E-state index contributed by atoms with van der Waals surface area (Å²) in [6.07, 6.45) is 2.70. The Kier molecular flexibility index (Phi) is 4.96. The summed E-state index contributed by atoms with van der Waals surface area (Å²) in [6.45, 7) is 1.14. The molecule has 0 bridgehead atoms. The van der Waals surface area contributed by atoms with Crippen LogP contribution in [-0.2, 0) is 11.8 Å². The fourth-order valence-electron chi connectivity index (χ4n) is 2.98. The number of ether oxygens (including phenoxy) is 2. The van der Waals surface area contributed by atoms with Gasteiger partial charge < -0.3 is 14.8 Å². The van der Waals surface area contributed by atoms with E-state index in [4.69, 9.17) is 9.47 Å². The molecule has 1 aromatic carbocycles. The molecule has 0 radical (unpaired) electrons. The van der Waals surface area contributed by atoms with Crippen LogP contribution in [0.4, 0.5) is 0 Å². The molecule has 1 N–H and O–H groups in total. The van der Waals surface area contributed by atoms with Crippen molar-refractivity contribution in [2.45, 2.75) is 30.5 Å². The Morgan fingerprint density at radius 3 is 2.88 bits per heavy atom. The number of rotatable bonds is 7. The number of fused-ring (bicyclic) bond motifs is 1. The maximum absolute atomic E-state index is 12.4. The van der Waals surface area contributed by atoms with Crippen LogP contribution in [0.5, 0.6) is 11.5 Å². The number of carbonyl (C=O) groups excluding carboxylic acids is 1. The lowest BCUT2D eigenvalue weighted by atomic mass is 10.0. The summed E-state index contributed by atoms with van der Waals surface area (Å²) >= 11 is 1.48. The van der Waals surface area contributed by atoms with Crippen molar-refractivity contribution in [2.75, 3.05) is 19.0 Å². The van der Waals surface area contributed by atoms with Crippen molar-refractivity contribution in [1.82, 2.24) is 25.5 Å². The molecule has 1 atom stereocenters. The van der Waals surface area contributed by atoms with Gasteiger partial charge in [0.15, 0.2) is 11.5 Å². The van der Waals surface area contributed by atoms with Crippen LogP contribution in [0.15, 0.2) is 23.4 Å². The van der Waals surface area contributed by atoms with E-state index < -0.39 is 0 Å². The van der Waals surface area contributed by atoms with Gasteiger partial charge in [-0.3, -0.25) is 4.79 Å². The molecule has 26 heavy (non-hydrogen) atoms. The Morgan fingerprint density at radius 2 is 2.15 bits per heavy atom. The van der Waals surface area contributed by atoms with Gasteiger partial charge in [0.05, 0.1) is 6.04 Å². The number of tetrazole rings is 1. The molecule has 2 aliphatic rings. The molecule has 4 rings (SSSR count). The van der Waals surface area contributed by atoms with E-state index in [2.05, 4.69) is 20.8 Å². The lowest BCUT2D eigenvalue weighted by molar-refractivity contribution is -0.121. The summed E-state index contributed by atoms with van der Waals surface area (Å²) in [7, 11) is 1.79. The van der Waals surface area contributed by atoms with Crippen molar-refractivity contribution in [3.05, 3.63) is 23.8 Å². The van der Waals surface area contributed by atoms with E-state index in [-0.39, 0.29) is 11.9 Å². The van der Waals surface area contributed by atoms with Crippen molar-refractivity contribution in [2.24, 2.45) is 13.0 Å². The van der Waals surface area contributed by atoms with Gasteiger partial charge in [0.25, 0.3) is 0 Å². The first-order chi connectivity index (χ1) is 12.7. The molecule has 1 aliphatic carbocycles. The van der Waals surface area contributed by atoms with E-state index in [1.807, 2.05) is 18.2 Å². The van der Waals surface area contributed by atoms with Gasteiger partial charge in [0, 0.05) is 19.2 Å². The van der Waals surface area contributed by atoms with Crippen molar-refractivity contribution in [3.63, 3.8) is 0 Å². The quantitative estimate of drug-likeness (QED) is 0.737. The standard InChI is InChI=1S/C17H21N5O3S/c1-22-17(19-20-21-22)26-9-6-15(23)18-16(11-2-3-11)12-4-5-13-14(10-12)25-8-7-24-13/h4-5,10-11,16H,2-3,6-9H2,1H3,(H,18,23). The Hall–Kier alpha value is -2.29. The molecule has 1 amide bonds. The van der Waals surface area contributed by atoms with Gasteiger partial charge in [-0.05, 0) is 46.9 Å². The van der Waals surface area contributed by atoms with E-state index in [0.717, 1.165) is 29.9 Å². The molecule has 1 aliphatic heterocycles. The SMILES string of the molecule is Cn1nnnc1SCCC(=O)NC(c1ccc2c(c1)OCCO2)C1CC1. The molecule has 138 valence electrons. The predicted molar refractivity (Wildman–Crippen MR) is 95.2 cm³/mol. The van der Waals surface area contributed by atoms with Crippen LogP contribution in [-0.4, -0.2) is 45.1 Å². The van der Waals surface area contributed by atoms with E-state index in [1.165, 1.54) is 11.8 Å². The molecule has 9 heteroatoms. The Balaban J connectivity index is 1.36. The number of amides is 1. The summed E-state index contributed by atoms with van der Waals surface area (Å²) in [6, 6.07) is 5.98. The largest absolute Gasteiger partial charge is 0.486 e. The number of aryl methyl sites for hydroxylation is 1. The molecular formula is C17H21N5O3S. The van der Waals surface area contributed by atoms with E-state index >= 15 is 0 Å². The molecule has 2 aromatic rings. The minimum absolute atomic E-state index is 0.0276. The number of carbonyl (C=O) groups is 1. The maximum Gasteiger partial charge on any atom is 0.221 e. The predicted octanol–water partition coefficient (Wildman–Crippen LogP) is 1.73. The molecule has 1 aromatic heterocycles. The number of thioether (sulfide) groups is 1. The lowest BCUT2D eigenvalue weighted by Gasteiger charge is -2.23. The number of hydrogen-bond acceptors (Lipinski definition) is 7. The first kappa shape index (κ1) is 17.1. The number of aromatic nitrogens is 4. The summed E-state index contributed by atoms with van der Waals surface area (Å²) < 4.78 is 12.9. The summed E-state index contributed by atoms with van der Waals surface area (Å²) in [4.78, 5) is 12.4. The summed E-state index contributed by atoms with van der Waals surface area (Å²) in [5.41, 5.74) is 1.08. The summed E-state index contributed by atoms with van der Waals surface area (Å²) in [5.74, 6) is 2.71. The van der Waals surface area contributed by atoms with E-state index in [0.29, 0.717) is 36.5 Å². The highest BCUT2D eigenvalue weighted by Crippen LogP contribution is 2.43. The zero-order chi connectivity index (χ0) is 17.9. The highest BCUT2D eigenvalue weighted by Gasteiger charge is 2.34. The summed E-state index contributed by atoms with van der Waals surface area (Å²) in [5, 5.41) is 15.2. The van der Waals surface area contributed by atoms with Crippen LogP contribution >= 0.6 is 11.8 Å². The van der Waals surface area contributed by atoms with E-state index in [1.54, 1.807) is 11.7 Å². The topological polar surface area (TPSA) is 91.2 Å². The molecular weight excluding hydrogens is 354 g/mol. The minimum atomic E-state index is 0.0276. The number of hydrogen-bond donors (Lipinski definition) is 1. The van der Waals surface area contributed by atoms with Crippen LogP contribution in [0.1, 0.15) is 30.9 Å². The Bertz CT molecular complexity index is 792. The van der Waals surface area contributed by atoms with Gasteiger partial charge in [-0.2, -0.15) is 0 Å². The second kappa shape index (κ2) is 7.53. The number of benzene rings is 1. The molecule has 0 saturated heterocycles. The lowest BCUT2D eigenvalue weighted by Crippen LogP contribution is -2.30. The van der Waals surface area contributed by atoms with Crippen LogP contribution in [0, 0.1) is 5.92 Å². The minimum Gasteiger partial charge on any atom is -0.486 e. The first-order valence-corrected chi connectivity index (χ1v) is 9.73. The average Bonchev–Trinajstić information content (AvgIpc) is 3.42. The molecule has 2 heterocycles. The highest BCUT2D eigenvalue weighted by atomic mass is 32.2. The molecule has 1 fully saturated rings. The monoisotopic (exact) mass is 375 g/mol. The second-order valence-electron chi connectivity index (χ2n) is 6.47. The molecule has 1 unspecified atom stereocenters. The van der Waals surface area contributed by atoms with Crippen LogP contribution in [0.3, 0.4) is 0 Å². The fraction of sp³-hybridized carbons (Fsp3) is 0.529. The van der Waals surface area contributed by atoms with Crippen molar-refractivity contribution in [3.8, 4) is 11.5 Å². The number of nitrogens with one attached hydrogen (secondary N) is 1. The maximum atomic E-state index is 12.4. The smallest absolute Gasteiger partial charge is 0.221 e. The van der Waals surface area contributed by atoms with Crippen LogP contribution in [0.2, 0.25) is 0 Å². The van der Waals surface area contributed by atoms with E-state index in [9.17, 15) is 4.79 Å². The van der Waals surface area contributed by atoms with Crippen molar-refractivity contribution in [1.29, 1.82) is 0 Å². The third-order valence-electron chi connectivity index (χ3n) is 4.48. The third-order valence-corrected chi connectivity index (χ3v) is 5.49. The first-order valence-electron chi connectivity index (χ1n) is 8.75. The van der Waals surface area contributed by atoms with Crippen LogP contribution < -0.4 is 14.8 Å². The van der Waals surface area contributed by atoms with Gasteiger partial charge in [0.1, 0.15) is 13.2 Å². The van der Waals surface area contributed by atoms with Crippen LogP contribution in [0.25, 0.3) is 0 Å². The highest BCUT2D eigenvalue weighted by molar-refractivity contribution is 7.99. The molecule has 1 saturated carbocycles. The third kappa shape index (κ3) is 3.92. The van der Waals surface area contributed by atoms with Gasteiger partial charge in [-0.1, -0.05) is 17.8 Å². The zero-order valence-corrected chi connectivity index (χ0v) is 15.4. The van der Waals surface area contributed by atoms with Gasteiger partial charge in [-0.25, -0.2) is 4.68 Å². The van der Waals surface area contributed by atoms with Gasteiger partial charge in [0.2, 0.25) is 11.1 Å². The Morgan fingerprint density at radius 1 is 1.35 bits per heavy atom. The van der Waals surface area contributed by atoms with Crippen molar-refractivity contribution >= 4 is 17.7 Å². The normalized spacial score (nSPS) is 17.0. The molecule has 0 spiro atoms. The average molecular weight is 375 g/mol. The van der Waals surface area contributed by atoms with Crippen molar-refractivity contribution < 1.29 is 14.3 Å². The van der Waals surface area contributed by atoms with Gasteiger partial charge in [-0.15, -0.1) is 5.10 Å². The number of nitrogens with zero attached hydrogens (tertiary/aromatic N) is 4. The second-order valence-corrected chi connectivity index (χ2v) is 7.53.